The van der Waals surface area contributed by atoms with Crippen molar-refractivity contribution in [3.05, 3.63) is 0 Å². The first-order valence-corrected chi connectivity index (χ1v) is 6.53. The molecule has 0 atom stereocenters. The maximum absolute atomic E-state index is 11.7. The number of nitrogens with two attached hydrogens (primary N) is 1. The van der Waals surface area contributed by atoms with Crippen molar-refractivity contribution in [2.24, 2.45) is 5.73 Å². The second kappa shape index (κ2) is 6.48. The predicted molar refractivity (Wildman–Crippen MR) is 63.5 cm³/mol. The van der Waals surface area contributed by atoms with Gasteiger partial charge in [0.25, 0.3) is 0 Å². The number of aliphatic carboxylic acids is 1. The maximum Gasteiger partial charge on any atom is 0.323 e. The molecule has 0 aromatic carbocycles. The average molecular weight is 260 g/mol. The molecule has 1 rings (SSSR count). The molecule has 0 aliphatic heterocycles. The Kier molecular flexibility index (Phi) is 5.27. The maximum atomic E-state index is 11.7. The van der Waals surface area contributed by atoms with Gasteiger partial charge in [0.05, 0.1) is 5.75 Å². The molecular weight excluding hydrogens is 244 g/mol. The third kappa shape index (κ3) is 5.58. The molecule has 0 heterocycles. The highest BCUT2D eigenvalue weighted by molar-refractivity contribution is 7.99. The molecule has 3 N–H and O–H groups in total. The van der Waals surface area contributed by atoms with Gasteiger partial charge in [-0.3, -0.25) is 14.4 Å². The molecule has 0 bridgehead atoms. The summed E-state index contributed by atoms with van der Waals surface area (Å²) in [6.45, 7) is -0.232. The van der Waals surface area contributed by atoms with Crippen LogP contribution in [0, 0.1) is 0 Å². The Balaban J connectivity index is 2.27. The normalized spacial score (nSPS) is 14.4. The molecule has 0 radical (unpaired) electrons. The number of rotatable bonds is 8. The summed E-state index contributed by atoms with van der Waals surface area (Å²) in [6.07, 6.45) is 2.02. The van der Waals surface area contributed by atoms with E-state index in [1.54, 1.807) is 0 Å². The zero-order chi connectivity index (χ0) is 12.8. The van der Waals surface area contributed by atoms with Gasteiger partial charge in [-0.05, 0) is 12.8 Å². The van der Waals surface area contributed by atoms with Gasteiger partial charge in [0.15, 0.2) is 0 Å². The summed E-state index contributed by atoms with van der Waals surface area (Å²) < 4.78 is 0. The first kappa shape index (κ1) is 13.8. The highest BCUT2D eigenvalue weighted by Crippen LogP contribution is 2.27. The van der Waals surface area contributed by atoms with Crippen LogP contribution in [0.2, 0.25) is 0 Å². The predicted octanol–water partition coefficient (Wildman–Crippen LogP) is -0.329. The van der Waals surface area contributed by atoms with E-state index in [4.69, 9.17) is 10.8 Å². The highest BCUT2D eigenvalue weighted by atomic mass is 32.2. The van der Waals surface area contributed by atoms with Crippen LogP contribution in [0.5, 0.6) is 0 Å². The minimum absolute atomic E-state index is 0.0970. The Hall–Kier alpha value is -1.24. The Morgan fingerprint density at radius 2 is 2.00 bits per heavy atom. The highest BCUT2D eigenvalue weighted by Gasteiger charge is 2.33. The van der Waals surface area contributed by atoms with E-state index in [0.717, 1.165) is 12.8 Å². The zero-order valence-electron chi connectivity index (χ0n) is 9.42. The number of hydrogen-bond donors (Lipinski definition) is 2. The van der Waals surface area contributed by atoms with Crippen LogP contribution < -0.4 is 5.73 Å². The van der Waals surface area contributed by atoms with Crippen molar-refractivity contribution in [2.75, 3.05) is 18.1 Å². The van der Waals surface area contributed by atoms with Crippen LogP contribution in [-0.4, -0.2) is 51.9 Å². The fourth-order valence-electron chi connectivity index (χ4n) is 1.43. The molecule has 1 aliphatic rings. The van der Waals surface area contributed by atoms with Gasteiger partial charge in [-0.15, -0.1) is 0 Å². The summed E-state index contributed by atoms with van der Waals surface area (Å²) in [5.74, 6) is -0.880. The second-order valence-corrected chi connectivity index (χ2v) is 5.02. The van der Waals surface area contributed by atoms with E-state index in [1.807, 2.05) is 0 Å². The molecule has 0 aromatic heterocycles. The lowest BCUT2D eigenvalue weighted by Gasteiger charge is -2.19. The zero-order valence-corrected chi connectivity index (χ0v) is 10.2. The number of thioether (sulfide) groups is 1. The molecule has 7 heteroatoms. The van der Waals surface area contributed by atoms with Crippen LogP contribution in [0.1, 0.15) is 19.3 Å². The third-order valence-corrected chi connectivity index (χ3v) is 3.30. The molecule has 0 aromatic rings. The van der Waals surface area contributed by atoms with E-state index < -0.39 is 11.9 Å². The number of carbonyl (C=O) groups excluding carboxylic acids is 2. The van der Waals surface area contributed by atoms with Gasteiger partial charge in [-0.25, -0.2) is 0 Å². The smallest absolute Gasteiger partial charge is 0.323 e. The summed E-state index contributed by atoms with van der Waals surface area (Å²) in [4.78, 5) is 34.2. The Morgan fingerprint density at radius 1 is 1.35 bits per heavy atom. The van der Waals surface area contributed by atoms with Crippen LogP contribution in [0.25, 0.3) is 0 Å². The average Bonchev–Trinajstić information content (AvgIpc) is 3.03. The molecule has 17 heavy (non-hydrogen) atoms. The number of carboxylic acids is 1. The van der Waals surface area contributed by atoms with E-state index >= 15 is 0 Å². The first-order valence-electron chi connectivity index (χ1n) is 5.38. The molecule has 0 saturated heterocycles. The number of carbonyl (C=O) groups is 3. The van der Waals surface area contributed by atoms with Crippen molar-refractivity contribution in [1.29, 1.82) is 0 Å². The van der Waals surface area contributed by atoms with Crippen LogP contribution in [0.3, 0.4) is 0 Å². The van der Waals surface area contributed by atoms with Crippen molar-refractivity contribution in [2.45, 2.75) is 25.3 Å². The molecule has 6 nitrogen and oxygen atoms in total. The number of amides is 2. The van der Waals surface area contributed by atoms with Gasteiger partial charge in [-0.2, -0.15) is 11.8 Å². The van der Waals surface area contributed by atoms with E-state index in [-0.39, 0.29) is 30.7 Å². The Bertz CT molecular complexity index is 317. The lowest BCUT2D eigenvalue weighted by atomic mass is 10.3. The minimum atomic E-state index is -0.991. The first-order chi connectivity index (χ1) is 8.00. The van der Waals surface area contributed by atoms with Gasteiger partial charge < -0.3 is 15.7 Å². The van der Waals surface area contributed by atoms with Crippen LogP contribution in [-0.2, 0) is 14.4 Å². The number of primary amides is 1. The second-order valence-electron chi connectivity index (χ2n) is 3.92. The van der Waals surface area contributed by atoms with Crippen molar-refractivity contribution < 1.29 is 19.5 Å². The van der Waals surface area contributed by atoms with Gasteiger partial charge >= 0.3 is 5.97 Å². The topological polar surface area (TPSA) is 101 Å². The monoisotopic (exact) mass is 260 g/mol. The lowest BCUT2D eigenvalue weighted by molar-refractivity contribution is -0.144. The van der Waals surface area contributed by atoms with Gasteiger partial charge in [0.1, 0.15) is 6.54 Å². The van der Waals surface area contributed by atoms with Gasteiger partial charge in [-0.1, -0.05) is 0 Å². The molecule has 1 saturated carbocycles. The largest absolute Gasteiger partial charge is 0.480 e. The van der Waals surface area contributed by atoms with Crippen LogP contribution in [0.15, 0.2) is 0 Å². The van der Waals surface area contributed by atoms with E-state index in [0.29, 0.717) is 5.75 Å². The summed E-state index contributed by atoms with van der Waals surface area (Å²) in [5, 5.41) is 8.69. The van der Waals surface area contributed by atoms with E-state index in [1.165, 1.54) is 16.7 Å². The molecule has 1 aliphatic carbocycles. The summed E-state index contributed by atoms with van der Waals surface area (Å²) in [5.41, 5.74) is 4.96. The van der Waals surface area contributed by atoms with E-state index in [9.17, 15) is 14.4 Å². The summed E-state index contributed by atoms with van der Waals surface area (Å²) in [6, 6.07) is 0.0970. The van der Waals surface area contributed by atoms with Crippen molar-refractivity contribution in [3.8, 4) is 0 Å². The molecule has 0 unspecified atom stereocenters. The standard InChI is InChI=1S/C10H16N2O4S/c11-8(13)6-17-4-3-9(14)12(5-10(15)16)7-1-2-7/h7H,1-6H2,(H2,11,13)(H,15,16). The van der Waals surface area contributed by atoms with E-state index in [2.05, 4.69) is 0 Å². The molecule has 96 valence electrons. The minimum Gasteiger partial charge on any atom is -0.480 e. The SMILES string of the molecule is NC(=O)CSCCC(=O)N(CC(=O)O)C1CC1. The molecule has 0 spiro atoms. The Morgan fingerprint density at radius 3 is 2.47 bits per heavy atom. The lowest BCUT2D eigenvalue weighted by Crippen LogP contribution is -2.37. The van der Waals surface area contributed by atoms with Crippen LogP contribution >= 0.6 is 11.8 Å². The van der Waals surface area contributed by atoms with Crippen molar-refractivity contribution >= 4 is 29.5 Å². The molecule has 1 fully saturated rings. The number of carboxylic acid groups (broad SMARTS) is 1. The molecular formula is C10H16N2O4S. The Labute approximate surface area is 104 Å². The molecule has 2 amide bonds. The van der Waals surface area contributed by atoms with Gasteiger partial charge in [0.2, 0.25) is 11.8 Å². The van der Waals surface area contributed by atoms with Crippen molar-refractivity contribution in [1.82, 2.24) is 4.90 Å². The quantitative estimate of drug-likeness (QED) is 0.582. The van der Waals surface area contributed by atoms with Gasteiger partial charge in [0, 0.05) is 18.2 Å². The third-order valence-electron chi connectivity index (χ3n) is 2.32. The fraction of sp³-hybridized carbons (Fsp3) is 0.700. The number of nitrogens with zero attached hydrogens (tertiary/aromatic N) is 1. The number of hydrogen-bond acceptors (Lipinski definition) is 4. The van der Waals surface area contributed by atoms with Crippen molar-refractivity contribution in [3.63, 3.8) is 0 Å². The summed E-state index contributed by atoms with van der Waals surface area (Å²) in [7, 11) is 0. The van der Waals surface area contributed by atoms with Crippen LogP contribution in [0.4, 0.5) is 0 Å². The summed E-state index contributed by atoms with van der Waals surface area (Å²) >= 11 is 1.29. The fourth-order valence-corrected chi connectivity index (χ4v) is 2.09.